The topological polar surface area (TPSA) is 77.0 Å². The number of aliphatic hydroxyl groups excluding tert-OH is 1. The molecule has 17 heavy (non-hydrogen) atoms. The van der Waals surface area contributed by atoms with Gasteiger partial charge in [-0.2, -0.15) is 0 Å². The van der Waals surface area contributed by atoms with Crippen LogP contribution in [0.1, 0.15) is 20.8 Å². The first kappa shape index (κ1) is 12.8. The molecule has 2 N–H and O–H groups in total. The third kappa shape index (κ3) is 2.44. The molecule has 2 rings (SSSR count). The molecular weight excluding hydrogens is 226 g/mol. The van der Waals surface area contributed by atoms with E-state index in [1.54, 1.807) is 20.8 Å². The molecule has 0 unspecified atom stereocenters. The van der Waals surface area contributed by atoms with Gasteiger partial charge >= 0.3 is 5.97 Å². The molecule has 0 saturated carbocycles. The first-order valence-corrected chi connectivity index (χ1v) is 5.88. The molecule has 6 heteroatoms. The Labute approximate surface area is 100 Å². The minimum atomic E-state index is -0.949. The lowest BCUT2D eigenvalue weighted by Gasteiger charge is -2.34. The predicted molar refractivity (Wildman–Crippen MR) is 58.3 cm³/mol. The highest BCUT2D eigenvalue weighted by molar-refractivity contribution is 5.77. The summed E-state index contributed by atoms with van der Waals surface area (Å²) in [7, 11) is 0. The van der Waals surface area contributed by atoms with E-state index in [1.165, 1.54) is 0 Å². The molecule has 98 valence electrons. The molecule has 0 spiro atoms. The van der Waals surface area contributed by atoms with E-state index < -0.39 is 30.0 Å². The van der Waals surface area contributed by atoms with Crippen LogP contribution in [0, 0.1) is 0 Å². The van der Waals surface area contributed by atoms with Crippen LogP contribution in [0.25, 0.3) is 0 Å². The molecule has 0 amide bonds. The Morgan fingerprint density at radius 1 is 1.53 bits per heavy atom. The smallest absolute Gasteiger partial charge is 0.325 e. The summed E-state index contributed by atoms with van der Waals surface area (Å²) in [4.78, 5) is 11.6. The number of piperidine rings is 1. The van der Waals surface area contributed by atoms with E-state index >= 15 is 0 Å². The molecule has 0 bridgehead atoms. The minimum absolute atomic E-state index is 0.231. The highest BCUT2D eigenvalue weighted by Crippen LogP contribution is 2.32. The summed E-state index contributed by atoms with van der Waals surface area (Å²) in [6.45, 7) is 6.07. The first-order chi connectivity index (χ1) is 7.94. The number of fused-ring (bicyclic) bond motifs is 1. The zero-order valence-corrected chi connectivity index (χ0v) is 10.3. The maximum absolute atomic E-state index is 11.6. The van der Waals surface area contributed by atoms with Crippen molar-refractivity contribution in [3.63, 3.8) is 0 Å². The summed E-state index contributed by atoms with van der Waals surface area (Å²) in [6.07, 6.45) is -1.67. The van der Waals surface area contributed by atoms with Crippen LogP contribution in [0.4, 0.5) is 0 Å². The van der Waals surface area contributed by atoms with Gasteiger partial charge in [0.15, 0.2) is 5.79 Å². The van der Waals surface area contributed by atoms with E-state index in [-0.39, 0.29) is 6.10 Å². The maximum atomic E-state index is 11.6. The number of esters is 1. The Hall–Kier alpha value is -0.690. The Kier molecular flexibility index (Phi) is 3.40. The third-order valence-corrected chi connectivity index (χ3v) is 2.98. The van der Waals surface area contributed by atoms with Crippen molar-refractivity contribution in [1.82, 2.24) is 5.32 Å². The second-order valence-corrected chi connectivity index (χ2v) is 4.77. The van der Waals surface area contributed by atoms with Crippen molar-refractivity contribution >= 4 is 5.97 Å². The Bertz CT molecular complexity index is 306. The third-order valence-electron chi connectivity index (χ3n) is 2.98. The molecule has 2 fully saturated rings. The van der Waals surface area contributed by atoms with Gasteiger partial charge in [-0.15, -0.1) is 0 Å². The van der Waals surface area contributed by atoms with Gasteiger partial charge < -0.3 is 19.3 Å². The quantitative estimate of drug-likeness (QED) is 0.633. The number of nitrogens with one attached hydrogen (secondary N) is 1. The summed E-state index contributed by atoms with van der Waals surface area (Å²) >= 11 is 0. The average Bonchev–Trinajstić information content (AvgIpc) is 2.54. The summed E-state index contributed by atoms with van der Waals surface area (Å²) in [5.41, 5.74) is 0. The van der Waals surface area contributed by atoms with Crippen LogP contribution in [0.2, 0.25) is 0 Å². The van der Waals surface area contributed by atoms with E-state index in [0.717, 1.165) is 0 Å². The summed E-state index contributed by atoms with van der Waals surface area (Å²) in [5.74, 6) is -1.17. The fourth-order valence-corrected chi connectivity index (χ4v) is 2.32. The van der Waals surface area contributed by atoms with Crippen molar-refractivity contribution in [3.8, 4) is 0 Å². The molecule has 2 saturated heterocycles. The molecule has 0 radical (unpaired) electrons. The molecule has 2 aliphatic heterocycles. The molecule has 2 aliphatic rings. The van der Waals surface area contributed by atoms with Crippen molar-refractivity contribution in [2.75, 3.05) is 13.2 Å². The molecule has 0 aromatic heterocycles. The number of hydrogen-bond acceptors (Lipinski definition) is 6. The molecule has 2 heterocycles. The molecule has 0 aromatic rings. The minimum Gasteiger partial charge on any atom is -0.465 e. The molecule has 0 aliphatic carbocycles. The zero-order chi connectivity index (χ0) is 12.6. The van der Waals surface area contributed by atoms with Gasteiger partial charge in [-0.25, -0.2) is 0 Å². The van der Waals surface area contributed by atoms with Crippen LogP contribution in [0.5, 0.6) is 0 Å². The normalized spacial score (nSPS) is 39.8. The van der Waals surface area contributed by atoms with E-state index in [2.05, 4.69) is 5.32 Å². The number of carbonyl (C=O) groups excluding carboxylic acids is 1. The van der Waals surface area contributed by atoms with Crippen LogP contribution in [-0.2, 0) is 19.0 Å². The fourth-order valence-electron chi connectivity index (χ4n) is 2.32. The van der Waals surface area contributed by atoms with Crippen LogP contribution in [0.15, 0.2) is 0 Å². The molecular formula is C11H19NO5. The lowest BCUT2D eigenvalue weighted by molar-refractivity contribution is -0.162. The number of rotatable bonds is 2. The Balaban J connectivity index is 2.05. The van der Waals surface area contributed by atoms with Crippen molar-refractivity contribution in [1.29, 1.82) is 0 Å². The van der Waals surface area contributed by atoms with Crippen LogP contribution >= 0.6 is 0 Å². The highest BCUT2D eigenvalue weighted by Gasteiger charge is 2.51. The summed E-state index contributed by atoms with van der Waals surface area (Å²) in [6, 6.07) is -0.742. The van der Waals surface area contributed by atoms with Gasteiger partial charge in [-0.1, -0.05) is 0 Å². The second kappa shape index (κ2) is 4.53. The van der Waals surface area contributed by atoms with Crippen LogP contribution in [0.3, 0.4) is 0 Å². The second-order valence-electron chi connectivity index (χ2n) is 4.77. The Morgan fingerprint density at radius 3 is 2.88 bits per heavy atom. The van der Waals surface area contributed by atoms with Crippen molar-refractivity contribution in [2.24, 2.45) is 0 Å². The van der Waals surface area contributed by atoms with Gasteiger partial charge in [0, 0.05) is 6.54 Å². The van der Waals surface area contributed by atoms with Crippen molar-refractivity contribution < 1.29 is 24.1 Å². The van der Waals surface area contributed by atoms with Gasteiger partial charge in [0.2, 0.25) is 0 Å². The highest BCUT2D eigenvalue weighted by atomic mass is 16.8. The largest absolute Gasteiger partial charge is 0.465 e. The Morgan fingerprint density at radius 2 is 2.24 bits per heavy atom. The number of carbonyl (C=O) groups is 1. The molecule has 4 atom stereocenters. The lowest BCUT2D eigenvalue weighted by atomic mass is 9.96. The zero-order valence-electron chi connectivity index (χ0n) is 10.3. The van der Waals surface area contributed by atoms with Crippen LogP contribution < -0.4 is 5.32 Å². The van der Waals surface area contributed by atoms with Gasteiger partial charge in [-0.3, -0.25) is 10.1 Å². The first-order valence-electron chi connectivity index (χ1n) is 5.88. The molecule has 0 aromatic carbocycles. The fraction of sp³-hybridized carbons (Fsp3) is 0.909. The average molecular weight is 245 g/mol. The van der Waals surface area contributed by atoms with Crippen molar-refractivity contribution in [3.05, 3.63) is 0 Å². The van der Waals surface area contributed by atoms with Crippen LogP contribution in [-0.4, -0.2) is 54.4 Å². The van der Waals surface area contributed by atoms with Gasteiger partial charge in [0.05, 0.1) is 6.61 Å². The standard InChI is InChI=1S/C11H19NO5/c1-4-15-10(14)7-8(13)9-6(5-12-7)16-11(2,3)17-9/h6-9,12-13H,4-5H2,1-3H3/t6-,7+,8+,9-/m1/s1. The number of ether oxygens (including phenoxy) is 3. The molecule has 6 nitrogen and oxygen atoms in total. The summed E-state index contributed by atoms with van der Waals surface area (Å²) in [5, 5.41) is 13.0. The van der Waals surface area contributed by atoms with Crippen molar-refractivity contribution in [2.45, 2.75) is 50.9 Å². The van der Waals surface area contributed by atoms with E-state index in [4.69, 9.17) is 14.2 Å². The summed E-state index contributed by atoms with van der Waals surface area (Å²) < 4.78 is 16.1. The SMILES string of the molecule is CCOC(=O)[C@H]1NC[C@H]2OC(C)(C)O[C@H]2[C@H]1O. The number of hydrogen-bond donors (Lipinski definition) is 2. The van der Waals surface area contributed by atoms with Gasteiger partial charge in [-0.05, 0) is 20.8 Å². The predicted octanol–water partition coefficient (Wildman–Crippen LogP) is -0.598. The van der Waals surface area contributed by atoms with Gasteiger partial charge in [0.1, 0.15) is 24.4 Å². The van der Waals surface area contributed by atoms with E-state index in [1.807, 2.05) is 0 Å². The monoisotopic (exact) mass is 245 g/mol. The maximum Gasteiger partial charge on any atom is 0.325 e. The number of aliphatic hydroxyl groups is 1. The lowest BCUT2D eigenvalue weighted by Crippen LogP contribution is -2.61. The van der Waals surface area contributed by atoms with E-state index in [9.17, 15) is 9.90 Å². The van der Waals surface area contributed by atoms with Gasteiger partial charge in [0.25, 0.3) is 0 Å². The van der Waals surface area contributed by atoms with E-state index in [0.29, 0.717) is 13.2 Å².